The first-order chi connectivity index (χ1) is 9.36. The second-order valence-electron chi connectivity index (χ2n) is 6.01. The smallest absolute Gasteiger partial charge is 0.156 e. The average Bonchev–Trinajstić information content (AvgIpc) is 2.34. The fourth-order valence-electron chi connectivity index (χ4n) is 1.87. The quantitative estimate of drug-likeness (QED) is 0.698. The fourth-order valence-corrected chi connectivity index (χ4v) is 2.47. The van der Waals surface area contributed by atoms with Gasteiger partial charge in [0.1, 0.15) is 0 Å². The molecule has 0 saturated heterocycles. The molecule has 20 heavy (non-hydrogen) atoms. The van der Waals surface area contributed by atoms with E-state index in [1.54, 1.807) is 0 Å². The number of ether oxygens (including phenoxy) is 1. The normalized spacial score (nSPS) is 11.7. The van der Waals surface area contributed by atoms with Crippen LogP contribution in [0.2, 0.25) is 10.0 Å². The first-order valence-corrected chi connectivity index (χ1v) is 7.85. The van der Waals surface area contributed by atoms with Crippen LogP contribution in [0.5, 0.6) is 5.75 Å². The van der Waals surface area contributed by atoms with Crippen LogP contribution in [0.25, 0.3) is 0 Å². The summed E-state index contributed by atoms with van der Waals surface area (Å²) in [6.45, 7) is 7.22. The summed E-state index contributed by atoms with van der Waals surface area (Å²) in [6, 6.07) is 3.85. The maximum atomic E-state index is 8.70. The Hall–Kier alpha value is -0.440. The van der Waals surface area contributed by atoms with Gasteiger partial charge >= 0.3 is 0 Å². The van der Waals surface area contributed by atoms with E-state index in [-0.39, 0.29) is 12.0 Å². The third-order valence-corrected chi connectivity index (χ3v) is 3.72. The molecular formula is C16H24Cl2O2. The molecule has 2 nitrogen and oxygen atoms in total. The van der Waals surface area contributed by atoms with Crippen LogP contribution in [-0.2, 0) is 5.41 Å². The highest BCUT2D eigenvalue weighted by molar-refractivity contribution is 6.37. The molecule has 0 saturated carbocycles. The van der Waals surface area contributed by atoms with Crippen molar-refractivity contribution in [3.63, 3.8) is 0 Å². The van der Waals surface area contributed by atoms with Gasteiger partial charge in [-0.2, -0.15) is 0 Å². The van der Waals surface area contributed by atoms with Crippen LogP contribution in [0.4, 0.5) is 0 Å². The summed E-state index contributed by atoms with van der Waals surface area (Å²) in [5.41, 5.74) is 1.11. The third-order valence-electron chi connectivity index (χ3n) is 3.16. The molecule has 0 fully saturated rings. The van der Waals surface area contributed by atoms with Crippen molar-refractivity contribution < 1.29 is 9.84 Å². The number of rotatable bonds is 7. The van der Waals surface area contributed by atoms with Crippen molar-refractivity contribution in [2.24, 2.45) is 0 Å². The van der Waals surface area contributed by atoms with Gasteiger partial charge in [0, 0.05) is 6.61 Å². The predicted octanol–water partition coefficient (Wildman–Crippen LogP) is 5.22. The molecule has 1 N–H and O–H groups in total. The number of hydrogen-bond donors (Lipinski definition) is 1. The molecule has 0 aromatic heterocycles. The van der Waals surface area contributed by atoms with Crippen molar-refractivity contribution in [2.75, 3.05) is 13.2 Å². The van der Waals surface area contributed by atoms with Crippen LogP contribution in [-0.4, -0.2) is 18.3 Å². The third kappa shape index (κ3) is 5.51. The number of benzene rings is 1. The van der Waals surface area contributed by atoms with Crippen LogP contribution in [0.15, 0.2) is 12.1 Å². The maximum absolute atomic E-state index is 8.70. The van der Waals surface area contributed by atoms with Crippen LogP contribution >= 0.6 is 23.2 Å². The minimum atomic E-state index is 0.0100. The Bertz CT molecular complexity index is 402. The Morgan fingerprint density at radius 3 is 2.05 bits per heavy atom. The number of halogens is 2. The van der Waals surface area contributed by atoms with E-state index in [2.05, 4.69) is 20.8 Å². The minimum Gasteiger partial charge on any atom is -0.490 e. The Labute approximate surface area is 132 Å². The summed E-state index contributed by atoms with van der Waals surface area (Å²) in [6.07, 6.45) is 3.84. The van der Waals surface area contributed by atoms with Crippen molar-refractivity contribution in [1.29, 1.82) is 0 Å². The molecule has 1 rings (SSSR count). The molecule has 0 aliphatic heterocycles. The Morgan fingerprint density at radius 2 is 1.55 bits per heavy atom. The zero-order chi connectivity index (χ0) is 15.2. The van der Waals surface area contributed by atoms with Crippen molar-refractivity contribution in [3.05, 3.63) is 27.7 Å². The van der Waals surface area contributed by atoms with Gasteiger partial charge in [-0.05, 0) is 42.4 Å². The van der Waals surface area contributed by atoms with E-state index in [0.29, 0.717) is 22.4 Å². The molecule has 1 aromatic rings. The van der Waals surface area contributed by atoms with Gasteiger partial charge in [-0.25, -0.2) is 0 Å². The molecule has 4 heteroatoms. The molecule has 0 aliphatic carbocycles. The van der Waals surface area contributed by atoms with Crippen molar-refractivity contribution in [3.8, 4) is 5.75 Å². The summed E-state index contributed by atoms with van der Waals surface area (Å²) >= 11 is 12.5. The van der Waals surface area contributed by atoms with E-state index in [4.69, 9.17) is 33.0 Å². The molecule has 1 aromatic carbocycles. The highest BCUT2D eigenvalue weighted by Gasteiger charge is 2.18. The first kappa shape index (κ1) is 17.6. The van der Waals surface area contributed by atoms with Crippen LogP contribution in [0, 0.1) is 0 Å². The summed E-state index contributed by atoms with van der Waals surface area (Å²) < 4.78 is 5.69. The van der Waals surface area contributed by atoms with Crippen LogP contribution < -0.4 is 4.74 Å². The Kier molecular flexibility index (Phi) is 7.14. The van der Waals surface area contributed by atoms with E-state index in [1.165, 1.54) is 0 Å². The number of unbranched alkanes of at least 4 members (excludes halogenated alkanes) is 3. The second kappa shape index (κ2) is 8.11. The van der Waals surface area contributed by atoms with Crippen molar-refractivity contribution in [1.82, 2.24) is 0 Å². The summed E-state index contributed by atoms with van der Waals surface area (Å²) in [7, 11) is 0. The monoisotopic (exact) mass is 318 g/mol. The van der Waals surface area contributed by atoms with Gasteiger partial charge in [-0.15, -0.1) is 0 Å². The molecule has 0 bridgehead atoms. The molecule has 114 valence electrons. The maximum Gasteiger partial charge on any atom is 0.156 e. The molecule has 0 aliphatic rings. The molecule has 0 spiro atoms. The lowest BCUT2D eigenvalue weighted by Gasteiger charge is -2.21. The molecule has 0 heterocycles. The molecule has 0 radical (unpaired) electrons. The van der Waals surface area contributed by atoms with Gasteiger partial charge in [-0.3, -0.25) is 0 Å². The highest BCUT2D eigenvalue weighted by Crippen LogP contribution is 2.37. The fraction of sp³-hybridized carbons (Fsp3) is 0.625. The topological polar surface area (TPSA) is 29.5 Å². The zero-order valence-electron chi connectivity index (χ0n) is 12.5. The number of aliphatic hydroxyl groups excluding tert-OH is 1. The van der Waals surface area contributed by atoms with Gasteiger partial charge in [0.2, 0.25) is 0 Å². The predicted molar refractivity (Wildman–Crippen MR) is 86.2 cm³/mol. The van der Waals surface area contributed by atoms with E-state index in [0.717, 1.165) is 31.2 Å². The standard InChI is InChI=1S/C16H24Cl2O2/c1-16(2,3)12-10-13(17)15(14(18)11-12)20-9-7-5-4-6-8-19/h10-11,19H,4-9H2,1-3H3. The molecule has 0 unspecified atom stereocenters. The number of aliphatic hydroxyl groups is 1. The van der Waals surface area contributed by atoms with Gasteiger partial charge < -0.3 is 9.84 Å². The van der Waals surface area contributed by atoms with Crippen molar-refractivity contribution in [2.45, 2.75) is 51.9 Å². The summed E-state index contributed by atoms with van der Waals surface area (Å²) in [5.74, 6) is 0.573. The van der Waals surface area contributed by atoms with Crippen LogP contribution in [0.1, 0.15) is 52.0 Å². The summed E-state index contributed by atoms with van der Waals surface area (Å²) in [5, 5.41) is 9.83. The largest absolute Gasteiger partial charge is 0.490 e. The van der Waals surface area contributed by atoms with E-state index in [9.17, 15) is 0 Å². The first-order valence-electron chi connectivity index (χ1n) is 7.09. The van der Waals surface area contributed by atoms with Gasteiger partial charge in [0.05, 0.1) is 16.7 Å². The average molecular weight is 319 g/mol. The highest BCUT2D eigenvalue weighted by atomic mass is 35.5. The lowest BCUT2D eigenvalue weighted by molar-refractivity contribution is 0.273. The summed E-state index contributed by atoms with van der Waals surface area (Å²) in [4.78, 5) is 0. The Morgan fingerprint density at radius 1 is 1.00 bits per heavy atom. The molecular weight excluding hydrogens is 295 g/mol. The lowest BCUT2D eigenvalue weighted by Crippen LogP contribution is -2.11. The van der Waals surface area contributed by atoms with E-state index < -0.39 is 0 Å². The lowest BCUT2D eigenvalue weighted by atomic mass is 9.87. The number of hydrogen-bond acceptors (Lipinski definition) is 2. The minimum absolute atomic E-state index is 0.0100. The zero-order valence-corrected chi connectivity index (χ0v) is 14.0. The molecule has 0 atom stereocenters. The second-order valence-corrected chi connectivity index (χ2v) is 6.82. The van der Waals surface area contributed by atoms with Gasteiger partial charge in [0.15, 0.2) is 5.75 Å². The van der Waals surface area contributed by atoms with Gasteiger partial charge in [0.25, 0.3) is 0 Å². The van der Waals surface area contributed by atoms with E-state index in [1.807, 2.05) is 12.1 Å². The van der Waals surface area contributed by atoms with E-state index >= 15 is 0 Å². The molecule has 0 amide bonds. The van der Waals surface area contributed by atoms with Crippen LogP contribution in [0.3, 0.4) is 0 Å². The van der Waals surface area contributed by atoms with Crippen molar-refractivity contribution >= 4 is 23.2 Å². The Balaban J connectivity index is 2.59. The SMILES string of the molecule is CC(C)(C)c1cc(Cl)c(OCCCCCCO)c(Cl)c1. The van der Waals surface area contributed by atoms with Gasteiger partial charge in [-0.1, -0.05) is 50.4 Å².